The number of carbonyl (C=O) groups excluding carboxylic acids is 3. The van der Waals surface area contributed by atoms with Gasteiger partial charge in [-0.1, -0.05) is 12.1 Å². The lowest BCUT2D eigenvalue weighted by Gasteiger charge is -2.31. The van der Waals surface area contributed by atoms with E-state index in [0.717, 1.165) is 31.2 Å². The number of amides is 2. The first-order valence-electron chi connectivity index (χ1n) is 14.4. The van der Waals surface area contributed by atoms with E-state index in [4.69, 9.17) is 29.2 Å². The van der Waals surface area contributed by atoms with E-state index in [1.165, 1.54) is 6.26 Å². The van der Waals surface area contributed by atoms with Gasteiger partial charge in [0.15, 0.2) is 5.79 Å². The third kappa shape index (κ3) is 7.16. The highest BCUT2D eigenvalue weighted by molar-refractivity contribution is 5.94. The zero-order valence-electron chi connectivity index (χ0n) is 23.0. The second-order valence-corrected chi connectivity index (χ2v) is 10.9. The molecule has 3 unspecified atom stereocenters. The summed E-state index contributed by atoms with van der Waals surface area (Å²) in [7, 11) is 0. The SMILES string of the molecule is O=C(CCNC(=O)C1=CC2OC(C3CC3)(C3CC3)OC2C(OC(=O)c2cccc(C=COCCO)c2)C1)NCCO. The van der Waals surface area contributed by atoms with Crippen molar-refractivity contribution in [2.24, 2.45) is 11.8 Å². The van der Waals surface area contributed by atoms with E-state index in [9.17, 15) is 14.4 Å². The molecule has 4 N–H and O–H groups in total. The number of hydrogen-bond acceptors (Lipinski definition) is 9. The summed E-state index contributed by atoms with van der Waals surface area (Å²) < 4.78 is 24.4. The van der Waals surface area contributed by atoms with E-state index in [1.54, 1.807) is 30.4 Å². The first-order chi connectivity index (χ1) is 19.9. The average Bonchev–Trinajstić information content (AvgIpc) is 3.91. The van der Waals surface area contributed by atoms with Crippen LogP contribution in [0.1, 0.15) is 54.4 Å². The van der Waals surface area contributed by atoms with E-state index >= 15 is 0 Å². The largest absolute Gasteiger partial charge is 0.499 e. The summed E-state index contributed by atoms with van der Waals surface area (Å²) in [6, 6.07) is 6.89. The summed E-state index contributed by atoms with van der Waals surface area (Å²) in [5.74, 6) is -1.26. The van der Waals surface area contributed by atoms with Crippen LogP contribution in [-0.2, 0) is 28.5 Å². The molecule has 5 rings (SSSR count). The molecule has 3 fully saturated rings. The Morgan fingerprint density at radius 3 is 2.51 bits per heavy atom. The van der Waals surface area contributed by atoms with Gasteiger partial charge in [-0.15, -0.1) is 0 Å². The van der Waals surface area contributed by atoms with Gasteiger partial charge in [-0.25, -0.2) is 4.79 Å². The molecule has 3 aliphatic carbocycles. The fraction of sp³-hybridized carbons (Fsp3) is 0.567. The van der Waals surface area contributed by atoms with Crippen LogP contribution in [0.4, 0.5) is 0 Å². The van der Waals surface area contributed by atoms with Gasteiger partial charge in [0.2, 0.25) is 11.8 Å². The molecule has 3 atom stereocenters. The van der Waals surface area contributed by atoms with Gasteiger partial charge in [-0.2, -0.15) is 0 Å². The predicted octanol–water partition coefficient (Wildman–Crippen LogP) is 1.44. The number of hydrogen-bond donors (Lipinski definition) is 4. The summed E-state index contributed by atoms with van der Waals surface area (Å²) in [6.45, 7) is 0.210. The van der Waals surface area contributed by atoms with Crippen LogP contribution in [0.2, 0.25) is 0 Å². The number of benzene rings is 1. The molecule has 11 heteroatoms. The highest BCUT2D eigenvalue weighted by Gasteiger charge is 2.64. The number of fused-ring (bicyclic) bond motifs is 1. The van der Waals surface area contributed by atoms with Crippen LogP contribution in [0.25, 0.3) is 6.08 Å². The Kier molecular flexibility index (Phi) is 9.39. The topological polar surface area (TPSA) is 153 Å². The number of aliphatic hydroxyl groups excluding tert-OH is 2. The fourth-order valence-electron chi connectivity index (χ4n) is 5.48. The molecule has 41 heavy (non-hydrogen) atoms. The Balaban J connectivity index is 1.29. The fourth-order valence-corrected chi connectivity index (χ4v) is 5.48. The third-order valence-corrected chi connectivity index (χ3v) is 7.72. The van der Waals surface area contributed by atoms with Crippen molar-refractivity contribution in [1.82, 2.24) is 10.6 Å². The molecule has 11 nitrogen and oxygen atoms in total. The molecule has 4 aliphatic rings. The number of ether oxygens (including phenoxy) is 4. The highest BCUT2D eigenvalue weighted by atomic mass is 16.8. The molecule has 0 spiro atoms. The molecule has 2 amide bonds. The molecular formula is C30H38N2O9. The monoisotopic (exact) mass is 570 g/mol. The number of nitrogens with one attached hydrogen (secondary N) is 2. The highest BCUT2D eigenvalue weighted by Crippen LogP contribution is 2.59. The lowest BCUT2D eigenvalue weighted by Crippen LogP contribution is -2.44. The minimum atomic E-state index is -0.738. The molecule has 1 aliphatic heterocycles. The van der Waals surface area contributed by atoms with E-state index in [-0.39, 0.29) is 57.6 Å². The lowest BCUT2D eigenvalue weighted by atomic mass is 9.91. The van der Waals surface area contributed by atoms with Crippen LogP contribution >= 0.6 is 0 Å². The normalized spacial score (nSPS) is 24.8. The maximum absolute atomic E-state index is 13.3. The quantitative estimate of drug-likeness (QED) is 0.148. The van der Waals surface area contributed by atoms with Gasteiger partial charge >= 0.3 is 5.97 Å². The van der Waals surface area contributed by atoms with E-state index in [1.807, 2.05) is 6.07 Å². The van der Waals surface area contributed by atoms with Gasteiger partial charge in [0.05, 0.1) is 25.0 Å². The Morgan fingerprint density at radius 2 is 1.80 bits per heavy atom. The summed E-state index contributed by atoms with van der Waals surface area (Å²) >= 11 is 0. The number of carbonyl (C=O) groups is 3. The van der Waals surface area contributed by atoms with Crippen LogP contribution in [0.5, 0.6) is 0 Å². The first kappa shape index (κ1) is 29.2. The Labute approximate surface area is 238 Å². The maximum Gasteiger partial charge on any atom is 0.338 e. The van der Waals surface area contributed by atoms with Gasteiger partial charge in [-0.3, -0.25) is 9.59 Å². The molecule has 1 heterocycles. The van der Waals surface area contributed by atoms with Crippen molar-refractivity contribution < 1.29 is 43.5 Å². The molecular weight excluding hydrogens is 532 g/mol. The van der Waals surface area contributed by atoms with Gasteiger partial charge in [-0.05, 0) is 55.5 Å². The zero-order chi connectivity index (χ0) is 28.8. The molecule has 1 saturated heterocycles. The summed E-state index contributed by atoms with van der Waals surface area (Å²) in [6.07, 6.45) is 7.45. The van der Waals surface area contributed by atoms with Gasteiger partial charge in [0.25, 0.3) is 0 Å². The Hall–Kier alpha value is -3.25. The smallest absolute Gasteiger partial charge is 0.338 e. The second-order valence-electron chi connectivity index (χ2n) is 10.9. The number of esters is 1. The molecule has 2 saturated carbocycles. The number of rotatable bonds is 14. The standard InChI is InChI=1S/C30H38N2O9/c33-12-11-31-26(35)8-10-32-28(36)21-17-24(27-25(18-21)40-30(41-27,22-4-5-22)23-6-7-23)39-29(37)20-3-1-2-19(16-20)9-14-38-15-13-34/h1-3,9,14,16,18,22-25,27,33-34H,4-8,10-13,15,17H2,(H,31,35)(H,32,36). The van der Waals surface area contributed by atoms with Crippen molar-refractivity contribution in [2.45, 2.75) is 62.6 Å². The lowest BCUT2D eigenvalue weighted by molar-refractivity contribution is -0.209. The van der Waals surface area contributed by atoms with Crippen molar-refractivity contribution in [3.8, 4) is 0 Å². The van der Waals surface area contributed by atoms with E-state index in [2.05, 4.69) is 10.6 Å². The van der Waals surface area contributed by atoms with Crippen LogP contribution < -0.4 is 10.6 Å². The Bertz CT molecular complexity index is 1160. The van der Waals surface area contributed by atoms with E-state index < -0.39 is 30.1 Å². The van der Waals surface area contributed by atoms with Gasteiger partial charge < -0.3 is 39.8 Å². The second kappa shape index (κ2) is 13.2. The first-order valence-corrected chi connectivity index (χ1v) is 14.4. The minimum absolute atomic E-state index is 0.0748. The third-order valence-electron chi connectivity index (χ3n) is 7.72. The molecule has 0 radical (unpaired) electrons. The van der Waals surface area contributed by atoms with Gasteiger partial charge in [0.1, 0.15) is 24.9 Å². The molecule has 0 bridgehead atoms. The number of aliphatic hydroxyl groups is 2. The van der Waals surface area contributed by atoms with Crippen molar-refractivity contribution in [3.05, 3.63) is 53.3 Å². The van der Waals surface area contributed by atoms with Crippen LogP contribution in [0.15, 0.2) is 42.2 Å². The molecule has 0 aromatic heterocycles. The van der Waals surface area contributed by atoms with Crippen LogP contribution in [0, 0.1) is 11.8 Å². The average molecular weight is 571 g/mol. The summed E-state index contributed by atoms with van der Waals surface area (Å²) in [4.78, 5) is 38.2. The van der Waals surface area contributed by atoms with Crippen LogP contribution in [0.3, 0.4) is 0 Å². The molecule has 222 valence electrons. The van der Waals surface area contributed by atoms with Crippen molar-refractivity contribution in [3.63, 3.8) is 0 Å². The zero-order valence-corrected chi connectivity index (χ0v) is 23.0. The molecule has 1 aromatic rings. The van der Waals surface area contributed by atoms with Crippen molar-refractivity contribution >= 4 is 23.9 Å². The van der Waals surface area contributed by atoms with Crippen molar-refractivity contribution in [1.29, 1.82) is 0 Å². The molecule has 1 aromatic carbocycles. The Morgan fingerprint density at radius 1 is 1.02 bits per heavy atom. The van der Waals surface area contributed by atoms with Gasteiger partial charge in [0, 0.05) is 43.3 Å². The minimum Gasteiger partial charge on any atom is -0.499 e. The van der Waals surface area contributed by atoms with E-state index in [0.29, 0.717) is 23.0 Å². The summed E-state index contributed by atoms with van der Waals surface area (Å²) in [5, 5.41) is 23.0. The summed E-state index contributed by atoms with van der Waals surface area (Å²) in [5.41, 5.74) is 1.49. The van der Waals surface area contributed by atoms with Crippen LogP contribution in [-0.4, -0.2) is 85.0 Å². The maximum atomic E-state index is 13.3. The van der Waals surface area contributed by atoms with Crippen molar-refractivity contribution in [2.75, 3.05) is 32.9 Å². The predicted molar refractivity (Wildman–Crippen MR) is 146 cm³/mol.